The van der Waals surface area contributed by atoms with Crippen molar-refractivity contribution < 1.29 is 5.11 Å². The van der Waals surface area contributed by atoms with E-state index in [-0.39, 0.29) is 5.44 Å². The van der Waals surface area contributed by atoms with Crippen LogP contribution >= 0.6 is 11.8 Å². The fraction of sp³-hybridized carbons (Fsp3) is 0.818. The Balaban J connectivity index is 3.07. The summed E-state index contributed by atoms with van der Waals surface area (Å²) >= 11 is 1.58. The Morgan fingerprint density at radius 2 is 2.00 bits per heavy atom. The van der Waals surface area contributed by atoms with Gasteiger partial charge in [0.05, 0.1) is 5.44 Å². The van der Waals surface area contributed by atoms with Crippen LogP contribution in [-0.2, 0) is 0 Å². The van der Waals surface area contributed by atoms with Crippen LogP contribution in [0.15, 0.2) is 12.7 Å². The van der Waals surface area contributed by atoms with Crippen molar-refractivity contribution in [3.8, 4) is 0 Å². The molecule has 1 unspecified atom stereocenters. The van der Waals surface area contributed by atoms with Crippen molar-refractivity contribution >= 4 is 11.8 Å². The molecule has 1 atom stereocenters. The highest BCUT2D eigenvalue weighted by Crippen LogP contribution is 2.15. The number of thioether (sulfide) groups is 1. The molecule has 13 heavy (non-hydrogen) atoms. The lowest BCUT2D eigenvalue weighted by Crippen LogP contribution is -2.00. The van der Waals surface area contributed by atoms with E-state index in [0.29, 0.717) is 0 Å². The monoisotopic (exact) mass is 202 g/mol. The molecule has 0 aromatic heterocycles. The van der Waals surface area contributed by atoms with Gasteiger partial charge >= 0.3 is 0 Å². The second-order valence-corrected chi connectivity index (χ2v) is 4.49. The molecule has 0 saturated carbocycles. The maximum Gasteiger partial charge on any atom is 0.0995 e. The number of rotatable bonds is 9. The average molecular weight is 202 g/mol. The number of hydrogen-bond acceptors (Lipinski definition) is 2. The fourth-order valence-corrected chi connectivity index (χ4v) is 1.88. The first-order chi connectivity index (χ1) is 6.31. The zero-order valence-corrected chi connectivity index (χ0v) is 9.48. The molecule has 0 radical (unpaired) electrons. The van der Waals surface area contributed by atoms with Crippen molar-refractivity contribution in [1.29, 1.82) is 0 Å². The van der Waals surface area contributed by atoms with Crippen LogP contribution in [-0.4, -0.2) is 16.3 Å². The van der Waals surface area contributed by atoms with Gasteiger partial charge in [0.2, 0.25) is 0 Å². The number of hydrogen-bond donors (Lipinski definition) is 1. The number of aliphatic hydroxyl groups is 1. The van der Waals surface area contributed by atoms with E-state index in [4.69, 9.17) is 0 Å². The Morgan fingerprint density at radius 1 is 1.31 bits per heavy atom. The second kappa shape index (κ2) is 10.1. The van der Waals surface area contributed by atoms with Gasteiger partial charge in [0.25, 0.3) is 0 Å². The van der Waals surface area contributed by atoms with E-state index in [1.807, 2.05) is 6.08 Å². The fourth-order valence-electron chi connectivity index (χ4n) is 1.18. The molecule has 0 aromatic carbocycles. The van der Waals surface area contributed by atoms with Gasteiger partial charge in [-0.3, -0.25) is 0 Å². The van der Waals surface area contributed by atoms with Crippen LogP contribution in [0.1, 0.15) is 45.4 Å². The average Bonchev–Trinajstić information content (AvgIpc) is 2.14. The molecule has 0 saturated heterocycles. The highest BCUT2D eigenvalue weighted by molar-refractivity contribution is 7.99. The minimum atomic E-state index is -0.181. The zero-order valence-electron chi connectivity index (χ0n) is 8.67. The van der Waals surface area contributed by atoms with Gasteiger partial charge in [0, 0.05) is 5.75 Å². The number of unbranched alkanes of at least 4 members (excludes halogenated alkanes) is 4. The highest BCUT2D eigenvalue weighted by atomic mass is 32.2. The van der Waals surface area contributed by atoms with Gasteiger partial charge in [0.1, 0.15) is 0 Å². The molecule has 0 amide bonds. The minimum Gasteiger partial charge on any atom is -0.382 e. The van der Waals surface area contributed by atoms with Gasteiger partial charge in [-0.05, 0) is 6.42 Å². The summed E-state index contributed by atoms with van der Waals surface area (Å²) in [5, 5.41) is 9.45. The van der Waals surface area contributed by atoms with Crippen molar-refractivity contribution in [3.63, 3.8) is 0 Å². The molecule has 0 bridgehead atoms. The summed E-state index contributed by atoms with van der Waals surface area (Å²) in [6, 6.07) is 0. The summed E-state index contributed by atoms with van der Waals surface area (Å²) in [6.45, 7) is 5.84. The van der Waals surface area contributed by atoms with Crippen LogP contribution in [0, 0.1) is 0 Å². The van der Waals surface area contributed by atoms with Crippen LogP contribution < -0.4 is 0 Å². The smallest absolute Gasteiger partial charge is 0.0995 e. The van der Waals surface area contributed by atoms with E-state index in [1.165, 1.54) is 25.7 Å². The third-order valence-electron chi connectivity index (χ3n) is 1.96. The van der Waals surface area contributed by atoms with Gasteiger partial charge in [-0.25, -0.2) is 0 Å². The minimum absolute atomic E-state index is 0.181. The number of aliphatic hydroxyl groups excluding tert-OH is 1. The van der Waals surface area contributed by atoms with E-state index in [1.54, 1.807) is 11.8 Å². The zero-order chi connectivity index (χ0) is 9.94. The molecule has 2 heteroatoms. The summed E-state index contributed by atoms with van der Waals surface area (Å²) in [4.78, 5) is 0. The lowest BCUT2D eigenvalue weighted by molar-refractivity contribution is 0.247. The summed E-state index contributed by atoms with van der Waals surface area (Å²) in [5.41, 5.74) is -0.181. The van der Waals surface area contributed by atoms with Gasteiger partial charge in [-0.2, -0.15) is 0 Å². The van der Waals surface area contributed by atoms with Gasteiger partial charge in [-0.1, -0.05) is 45.1 Å². The van der Waals surface area contributed by atoms with Crippen LogP contribution in [0.25, 0.3) is 0 Å². The first-order valence-electron chi connectivity index (χ1n) is 5.21. The van der Waals surface area contributed by atoms with Crippen molar-refractivity contribution in [2.75, 3.05) is 5.75 Å². The van der Waals surface area contributed by atoms with Crippen LogP contribution in [0.5, 0.6) is 0 Å². The maximum absolute atomic E-state index is 9.45. The topological polar surface area (TPSA) is 20.2 Å². The van der Waals surface area contributed by atoms with E-state index >= 15 is 0 Å². The third-order valence-corrected chi connectivity index (χ3v) is 3.01. The predicted octanol–water partition coefficient (Wildman–Crippen LogP) is 3.58. The van der Waals surface area contributed by atoms with E-state index < -0.39 is 0 Å². The molecule has 0 heterocycles. The Morgan fingerprint density at radius 3 is 2.62 bits per heavy atom. The predicted molar refractivity (Wildman–Crippen MR) is 62.0 cm³/mol. The Labute approximate surface area is 86.6 Å². The molecule has 0 aliphatic carbocycles. The SMILES string of the molecule is C=CCSC(O)CCCCCCC. The lowest BCUT2D eigenvalue weighted by atomic mass is 10.1. The molecule has 0 aromatic rings. The van der Waals surface area contributed by atoms with Crippen LogP contribution in [0.4, 0.5) is 0 Å². The molecular weight excluding hydrogens is 180 g/mol. The van der Waals surface area contributed by atoms with E-state index in [9.17, 15) is 5.11 Å². The lowest BCUT2D eigenvalue weighted by Gasteiger charge is -2.07. The molecular formula is C11H22OS. The first kappa shape index (κ1) is 13.1. The Kier molecular flexibility index (Phi) is 10.2. The molecule has 1 nitrogen and oxygen atoms in total. The molecule has 0 fully saturated rings. The summed E-state index contributed by atoms with van der Waals surface area (Å²) in [5.74, 6) is 0.857. The largest absolute Gasteiger partial charge is 0.382 e. The summed E-state index contributed by atoms with van der Waals surface area (Å²) in [6.07, 6.45) is 9.12. The molecule has 0 rings (SSSR count). The standard InChI is InChI=1S/C11H22OS/c1-3-5-6-7-8-9-11(12)13-10-4-2/h4,11-12H,2-3,5-10H2,1H3. The van der Waals surface area contributed by atoms with E-state index in [2.05, 4.69) is 13.5 Å². The normalized spacial score (nSPS) is 12.8. The highest BCUT2D eigenvalue weighted by Gasteiger charge is 2.01. The van der Waals surface area contributed by atoms with Crippen molar-refractivity contribution in [3.05, 3.63) is 12.7 Å². The Bertz CT molecular complexity index is 115. The van der Waals surface area contributed by atoms with Crippen molar-refractivity contribution in [2.45, 2.75) is 50.9 Å². The van der Waals surface area contributed by atoms with Gasteiger partial charge < -0.3 is 5.11 Å². The van der Waals surface area contributed by atoms with Crippen molar-refractivity contribution in [2.24, 2.45) is 0 Å². The molecule has 0 aliphatic heterocycles. The van der Waals surface area contributed by atoms with Crippen molar-refractivity contribution in [1.82, 2.24) is 0 Å². The molecule has 0 spiro atoms. The quantitative estimate of drug-likeness (QED) is 0.350. The molecule has 1 N–H and O–H groups in total. The van der Waals surface area contributed by atoms with Crippen LogP contribution in [0.3, 0.4) is 0 Å². The second-order valence-electron chi connectivity index (χ2n) is 3.28. The molecule has 78 valence electrons. The van der Waals surface area contributed by atoms with Crippen LogP contribution in [0.2, 0.25) is 0 Å². The summed E-state index contributed by atoms with van der Waals surface area (Å²) in [7, 11) is 0. The maximum atomic E-state index is 9.45. The van der Waals surface area contributed by atoms with Gasteiger partial charge in [-0.15, -0.1) is 18.3 Å². The third kappa shape index (κ3) is 9.97. The molecule has 0 aliphatic rings. The van der Waals surface area contributed by atoms with E-state index in [0.717, 1.165) is 18.6 Å². The summed E-state index contributed by atoms with van der Waals surface area (Å²) < 4.78 is 0. The first-order valence-corrected chi connectivity index (χ1v) is 6.26. The van der Waals surface area contributed by atoms with Gasteiger partial charge in [0.15, 0.2) is 0 Å². The Hall–Kier alpha value is 0.0500.